The van der Waals surface area contributed by atoms with Gasteiger partial charge in [0, 0.05) is 13.6 Å². The van der Waals surface area contributed by atoms with Crippen molar-refractivity contribution in [1.82, 2.24) is 15.1 Å². The molecule has 0 aromatic heterocycles. The highest BCUT2D eigenvalue weighted by Crippen LogP contribution is 2.11. The smallest absolute Gasteiger partial charge is 0.327 e. The van der Waals surface area contributed by atoms with Crippen molar-refractivity contribution in [2.45, 2.75) is 6.42 Å². The molecule has 0 aliphatic carbocycles. The third kappa shape index (κ3) is 3.75. The van der Waals surface area contributed by atoms with Gasteiger partial charge in [0.1, 0.15) is 18.8 Å². The third-order valence-electron chi connectivity index (χ3n) is 3.43. The fourth-order valence-corrected chi connectivity index (χ4v) is 2.16. The van der Waals surface area contributed by atoms with Crippen LogP contribution in [0.25, 0.3) is 0 Å². The Balaban J connectivity index is 1.76. The number of nitrogens with one attached hydrogen (secondary N) is 1. The molecule has 118 valence electrons. The van der Waals surface area contributed by atoms with E-state index in [0.29, 0.717) is 13.0 Å². The predicted molar refractivity (Wildman–Crippen MR) is 79.4 cm³/mol. The van der Waals surface area contributed by atoms with Crippen LogP contribution in [0.2, 0.25) is 0 Å². The Labute approximate surface area is 128 Å². The van der Waals surface area contributed by atoms with Gasteiger partial charge in [0.2, 0.25) is 5.91 Å². The van der Waals surface area contributed by atoms with Crippen LogP contribution in [-0.2, 0) is 16.0 Å². The van der Waals surface area contributed by atoms with Crippen LogP contribution in [0.15, 0.2) is 24.3 Å². The molecule has 0 radical (unpaired) electrons. The maximum atomic E-state index is 11.8. The molecule has 2 rings (SSSR count). The van der Waals surface area contributed by atoms with Crippen molar-refractivity contribution in [2.75, 3.05) is 33.8 Å². The SMILES string of the molecule is COc1ccc(CCNC(=O)CN2C(=O)CN(C)C2=O)cc1. The summed E-state index contributed by atoms with van der Waals surface area (Å²) in [6.07, 6.45) is 0.664. The summed E-state index contributed by atoms with van der Waals surface area (Å²) in [5.41, 5.74) is 1.06. The third-order valence-corrected chi connectivity index (χ3v) is 3.43. The number of likely N-dealkylation sites (N-methyl/N-ethyl adjacent to an activating group) is 1. The molecular formula is C15H19N3O4. The van der Waals surface area contributed by atoms with Gasteiger partial charge in [-0.3, -0.25) is 14.5 Å². The standard InChI is InChI=1S/C15H19N3O4/c1-17-10-14(20)18(15(17)21)9-13(19)16-8-7-11-3-5-12(22-2)6-4-11/h3-6H,7-10H2,1-2H3,(H,16,19). The largest absolute Gasteiger partial charge is 0.497 e. The monoisotopic (exact) mass is 305 g/mol. The average Bonchev–Trinajstić information content (AvgIpc) is 2.74. The quantitative estimate of drug-likeness (QED) is 0.764. The number of imide groups is 1. The number of rotatable bonds is 6. The van der Waals surface area contributed by atoms with E-state index in [-0.39, 0.29) is 24.9 Å². The lowest BCUT2D eigenvalue weighted by Crippen LogP contribution is -2.41. The molecule has 7 nitrogen and oxygen atoms in total. The summed E-state index contributed by atoms with van der Waals surface area (Å²) in [4.78, 5) is 37.2. The molecule has 0 bridgehead atoms. The summed E-state index contributed by atoms with van der Waals surface area (Å²) in [5.74, 6) is 0.0891. The number of hydrogen-bond donors (Lipinski definition) is 1. The number of ether oxygens (including phenoxy) is 1. The van der Waals surface area contributed by atoms with Crippen molar-refractivity contribution in [2.24, 2.45) is 0 Å². The molecule has 1 heterocycles. The van der Waals surface area contributed by atoms with E-state index in [2.05, 4.69) is 5.32 Å². The van der Waals surface area contributed by atoms with Crippen LogP contribution >= 0.6 is 0 Å². The minimum absolute atomic E-state index is 0.0258. The number of hydrogen-bond acceptors (Lipinski definition) is 4. The number of carbonyl (C=O) groups excluding carboxylic acids is 3. The van der Waals surface area contributed by atoms with Gasteiger partial charge in [-0.25, -0.2) is 4.79 Å². The van der Waals surface area contributed by atoms with E-state index in [1.165, 1.54) is 11.9 Å². The highest BCUT2D eigenvalue weighted by molar-refractivity contribution is 6.04. The van der Waals surface area contributed by atoms with E-state index in [9.17, 15) is 14.4 Å². The zero-order valence-corrected chi connectivity index (χ0v) is 12.7. The first kappa shape index (κ1) is 15.8. The molecule has 0 unspecified atom stereocenters. The van der Waals surface area contributed by atoms with E-state index in [4.69, 9.17) is 4.74 Å². The molecule has 0 atom stereocenters. The number of benzene rings is 1. The molecule has 0 saturated carbocycles. The fraction of sp³-hybridized carbons (Fsp3) is 0.400. The number of carbonyl (C=O) groups is 3. The molecule has 1 saturated heterocycles. The lowest BCUT2D eigenvalue weighted by Gasteiger charge is -2.13. The summed E-state index contributed by atoms with van der Waals surface area (Å²) in [7, 11) is 3.13. The second kappa shape index (κ2) is 6.93. The molecule has 0 spiro atoms. The van der Waals surface area contributed by atoms with Gasteiger partial charge in [-0.05, 0) is 24.1 Å². The van der Waals surface area contributed by atoms with Crippen LogP contribution in [0.3, 0.4) is 0 Å². The normalized spacial score (nSPS) is 14.5. The Kier molecular flexibility index (Phi) is 4.98. The van der Waals surface area contributed by atoms with Crippen molar-refractivity contribution >= 4 is 17.8 Å². The van der Waals surface area contributed by atoms with Crippen LogP contribution in [0.4, 0.5) is 4.79 Å². The van der Waals surface area contributed by atoms with Gasteiger partial charge in [-0.2, -0.15) is 0 Å². The van der Waals surface area contributed by atoms with Gasteiger partial charge >= 0.3 is 6.03 Å². The van der Waals surface area contributed by atoms with Gasteiger partial charge in [0.15, 0.2) is 0 Å². The van der Waals surface area contributed by atoms with Crippen molar-refractivity contribution in [3.63, 3.8) is 0 Å². The van der Waals surface area contributed by atoms with E-state index >= 15 is 0 Å². The maximum absolute atomic E-state index is 11.8. The zero-order chi connectivity index (χ0) is 16.1. The molecule has 7 heteroatoms. The van der Waals surface area contributed by atoms with Gasteiger partial charge in [0.05, 0.1) is 7.11 Å². The number of urea groups is 1. The highest BCUT2D eigenvalue weighted by atomic mass is 16.5. The summed E-state index contributed by atoms with van der Waals surface area (Å²) < 4.78 is 5.07. The topological polar surface area (TPSA) is 79.0 Å². The Bertz CT molecular complexity index is 571. The molecule has 1 N–H and O–H groups in total. The summed E-state index contributed by atoms with van der Waals surface area (Å²) in [6, 6.07) is 7.12. The first-order valence-corrected chi connectivity index (χ1v) is 6.96. The van der Waals surface area contributed by atoms with E-state index in [0.717, 1.165) is 16.2 Å². The molecule has 1 aromatic carbocycles. The second-order valence-corrected chi connectivity index (χ2v) is 5.07. The van der Waals surface area contributed by atoms with Crippen molar-refractivity contribution in [3.05, 3.63) is 29.8 Å². The zero-order valence-electron chi connectivity index (χ0n) is 12.7. The van der Waals surface area contributed by atoms with Crippen LogP contribution < -0.4 is 10.1 Å². The van der Waals surface area contributed by atoms with Gasteiger partial charge in [-0.1, -0.05) is 12.1 Å². The van der Waals surface area contributed by atoms with E-state index in [1.54, 1.807) is 7.11 Å². The predicted octanol–water partition coefficient (Wildman–Crippen LogP) is 0.248. The van der Waals surface area contributed by atoms with Crippen LogP contribution in [0, 0.1) is 0 Å². The van der Waals surface area contributed by atoms with Gasteiger partial charge in [0.25, 0.3) is 5.91 Å². The Morgan fingerprint density at radius 1 is 1.27 bits per heavy atom. The Hall–Kier alpha value is -2.57. The van der Waals surface area contributed by atoms with Crippen LogP contribution in [0.5, 0.6) is 5.75 Å². The molecule has 1 aliphatic rings. The van der Waals surface area contributed by atoms with Crippen LogP contribution in [0.1, 0.15) is 5.56 Å². The fourth-order valence-electron chi connectivity index (χ4n) is 2.16. The minimum atomic E-state index is -0.435. The molecule has 1 aliphatic heterocycles. The molecule has 22 heavy (non-hydrogen) atoms. The van der Waals surface area contributed by atoms with Crippen LogP contribution in [-0.4, -0.2) is 61.4 Å². The average molecular weight is 305 g/mol. The second-order valence-electron chi connectivity index (χ2n) is 5.07. The van der Waals surface area contributed by atoms with Crippen molar-refractivity contribution < 1.29 is 19.1 Å². The lowest BCUT2D eigenvalue weighted by atomic mass is 10.1. The number of methoxy groups -OCH3 is 1. The lowest BCUT2D eigenvalue weighted by molar-refractivity contribution is -0.130. The molecular weight excluding hydrogens is 286 g/mol. The molecule has 4 amide bonds. The summed E-state index contributed by atoms with van der Waals surface area (Å²) in [5, 5.41) is 2.71. The van der Waals surface area contributed by atoms with Gasteiger partial charge < -0.3 is 15.0 Å². The van der Waals surface area contributed by atoms with E-state index < -0.39 is 6.03 Å². The maximum Gasteiger partial charge on any atom is 0.327 e. The number of amides is 4. The first-order valence-electron chi connectivity index (χ1n) is 6.96. The van der Waals surface area contributed by atoms with Gasteiger partial charge in [-0.15, -0.1) is 0 Å². The molecule has 1 fully saturated rings. The molecule has 1 aromatic rings. The minimum Gasteiger partial charge on any atom is -0.497 e. The van der Waals surface area contributed by atoms with Crippen molar-refractivity contribution in [3.8, 4) is 5.75 Å². The van der Waals surface area contributed by atoms with Crippen molar-refractivity contribution in [1.29, 1.82) is 0 Å². The Morgan fingerprint density at radius 2 is 1.95 bits per heavy atom. The summed E-state index contributed by atoms with van der Waals surface area (Å²) in [6.45, 7) is 0.236. The number of nitrogens with zero attached hydrogens (tertiary/aromatic N) is 2. The highest BCUT2D eigenvalue weighted by Gasteiger charge is 2.34. The summed E-state index contributed by atoms with van der Waals surface area (Å²) >= 11 is 0. The van der Waals surface area contributed by atoms with E-state index in [1.807, 2.05) is 24.3 Å². The first-order chi connectivity index (χ1) is 10.5. The Morgan fingerprint density at radius 3 is 2.50 bits per heavy atom.